The number of hydrogen-bond acceptors (Lipinski definition) is 2. The molecule has 2 rings (SSSR count). The van der Waals surface area contributed by atoms with Crippen LogP contribution >= 0.6 is 0 Å². The summed E-state index contributed by atoms with van der Waals surface area (Å²) in [5.74, 6) is 0.399. The van der Waals surface area contributed by atoms with Gasteiger partial charge in [-0.1, -0.05) is 26.0 Å². The molecular weight excluding hydrogens is 200 g/mol. The number of allylic oxidation sites excluding steroid dienone is 2. The van der Waals surface area contributed by atoms with Crippen LogP contribution < -0.4 is 0 Å². The topological polar surface area (TPSA) is 34.1 Å². The van der Waals surface area contributed by atoms with Gasteiger partial charge in [-0.3, -0.25) is 9.59 Å². The Morgan fingerprint density at radius 2 is 2.06 bits per heavy atom. The molecule has 0 aromatic carbocycles. The van der Waals surface area contributed by atoms with Crippen molar-refractivity contribution >= 4 is 11.6 Å². The van der Waals surface area contributed by atoms with Crippen molar-refractivity contribution in [1.29, 1.82) is 0 Å². The fourth-order valence-electron chi connectivity index (χ4n) is 3.29. The van der Waals surface area contributed by atoms with Gasteiger partial charge in [-0.15, -0.1) is 0 Å². The normalized spacial score (nSPS) is 44.1. The van der Waals surface area contributed by atoms with Crippen molar-refractivity contribution in [3.63, 3.8) is 0 Å². The van der Waals surface area contributed by atoms with Crippen molar-refractivity contribution in [2.75, 3.05) is 0 Å². The van der Waals surface area contributed by atoms with Crippen LogP contribution in [0.15, 0.2) is 12.2 Å². The first-order valence-corrected chi connectivity index (χ1v) is 6.20. The van der Waals surface area contributed by atoms with Gasteiger partial charge in [0.1, 0.15) is 11.6 Å². The largest absolute Gasteiger partial charge is 0.299 e. The summed E-state index contributed by atoms with van der Waals surface area (Å²) >= 11 is 0. The monoisotopic (exact) mass is 220 g/mol. The Morgan fingerprint density at radius 3 is 2.69 bits per heavy atom. The summed E-state index contributed by atoms with van der Waals surface area (Å²) in [7, 11) is 0. The quantitative estimate of drug-likeness (QED) is 0.503. The maximum atomic E-state index is 12.4. The molecule has 2 saturated carbocycles. The van der Waals surface area contributed by atoms with Gasteiger partial charge in [-0.2, -0.15) is 0 Å². The van der Waals surface area contributed by atoms with E-state index in [-0.39, 0.29) is 34.7 Å². The molecule has 2 nitrogen and oxygen atoms in total. The highest BCUT2D eigenvalue weighted by Gasteiger charge is 2.54. The molecule has 2 aliphatic rings. The van der Waals surface area contributed by atoms with E-state index in [4.69, 9.17) is 0 Å². The van der Waals surface area contributed by atoms with Crippen molar-refractivity contribution in [3.05, 3.63) is 12.2 Å². The molecule has 0 spiro atoms. The molecule has 0 aliphatic heterocycles. The van der Waals surface area contributed by atoms with Crippen molar-refractivity contribution in [2.45, 2.75) is 40.0 Å². The fourth-order valence-corrected chi connectivity index (χ4v) is 3.29. The lowest BCUT2D eigenvalue weighted by Gasteiger charge is -2.47. The summed E-state index contributed by atoms with van der Waals surface area (Å²) in [4.78, 5) is 24.4. The molecule has 0 N–H and O–H groups in total. The van der Waals surface area contributed by atoms with Crippen LogP contribution in [0.3, 0.4) is 0 Å². The lowest BCUT2D eigenvalue weighted by molar-refractivity contribution is -0.153. The number of carbonyl (C=O) groups is 2. The first-order valence-electron chi connectivity index (χ1n) is 6.20. The number of carbonyl (C=O) groups excluding carboxylic acids is 2. The van der Waals surface area contributed by atoms with Crippen LogP contribution in [0.5, 0.6) is 0 Å². The zero-order chi connectivity index (χ0) is 11.9. The van der Waals surface area contributed by atoms with E-state index in [9.17, 15) is 9.59 Å². The minimum absolute atomic E-state index is 0.158. The molecule has 16 heavy (non-hydrogen) atoms. The van der Waals surface area contributed by atoms with Crippen molar-refractivity contribution in [2.24, 2.45) is 23.2 Å². The molecule has 2 bridgehead atoms. The Balaban J connectivity index is 2.36. The molecule has 2 fully saturated rings. The zero-order valence-corrected chi connectivity index (χ0v) is 10.3. The van der Waals surface area contributed by atoms with Crippen LogP contribution in [0.1, 0.15) is 40.0 Å². The highest BCUT2D eigenvalue weighted by atomic mass is 16.2. The van der Waals surface area contributed by atoms with E-state index < -0.39 is 0 Å². The molecule has 0 heterocycles. The van der Waals surface area contributed by atoms with Gasteiger partial charge >= 0.3 is 0 Å². The second-order valence-corrected chi connectivity index (χ2v) is 5.56. The average molecular weight is 220 g/mol. The SMILES string of the molecule is C/C=C/[C@H]1CC[C@]2(C)C(=O)[C@H]1C(=O)C[C@H]2C. The minimum atomic E-state index is -0.342. The van der Waals surface area contributed by atoms with Crippen LogP contribution in [0, 0.1) is 23.2 Å². The summed E-state index contributed by atoms with van der Waals surface area (Å²) in [5.41, 5.74) is -0.239. The van der Waals surface area contributed by atoms with E-state index in [0.717, 1.165) is 12.8 Å². The number of Topliss-reactive ketones (excluding diaryl/α,β-unsaturated/α-hetero) is 2. The van der Waals surface area contributed by atoms with E-state index in [1.807, 2.05) is 32.9 Å². The summed E-state index contributed by atoms with van der Waals surface area (Å²) < 4.78 is 0. The summed E-state index contributed by atoms with van der Waals surface area (Å²) in [5, 5.41) is 0. The highest BCUT2D eigenvalue weighted by Crippen LogP contribution is 2.50. The van der Waals surface area contributed by atoms with Gasteiger partial charge in [-0.05, 0) is 31.6 Å². The lowest BCUT2D eigenvalue weighted by Crippen LogP contribution is -2.53. The van der Waals surface area contributed by atoms with E-state index >= 15 is 0 Å². The number of fused-ring (bicyclic) bond motifs is 2. The van der Waals surface area contributed by atoms with Crippen molar-refractivity contribution < 1.29 is 9.59 Å². The predicted molar refractivity (Wildman–Crippen MR) is 62.9 cm³/mol. The van der Waals surface area contributed by atoms with Crippen LogP contribution in [0.4, 0.5) is 0 Å². The molecule has 0 amide bonds. The first-order chi connectivity index (χ1) is 7.50. The van der Waals surface area contributed by atoms with E-state index in [0.29, 0.717) is 6.42 Å². The van der Waals surface area contributed by atoms with E-state index in [2.05, 4.69) is 0 Å². The number of hydrogen-bond donors (Lipinski definition) is 0. The standard InChI is InChI=1S/C14H20O2/c1-4-5-10-6-7-14(3)9(2)8-11(15)12(10)13(14)16/h4-5,9-10,12H,6-8H2,1-3H3/b5-4+/t9-,10+,12-,14+/m1/s1. The Hall–Kier alpha value is -0.920. The molecule has 2 heteroatoms. The minimum Gasteiger partial charge on any atom is -0.299 e. The smallest absolute Gasteiger partial charge is 0.150 e. The van der Waals surface area contributed by atoms with Gasteiger partial charge < -0.3 is 0 Å². The van der Waals surface area contributed by atoms with Gasteiger partial charge in [0, 0.05) is 11.8 Å². The molecule has 0 saturated heterocycles. The van der Waals surface area contributed by atoms with Crippen LogP contribution in [0.2, 0.25) is 0 Å². The molecule has 0 unspecified atom stereocenters. The van der Waals surface area contributed by atoms with E-state index in [1.165, 1.54) is 0 Å². The van der Waals surface area contributed by atoms with E-state index in [1.54, 1.807) is 0 Å². The second-order valence-electron chi connectivity index (χ2n) is 5.56. The molecular formula is C14H20O2. The predicted octanol–water partition coefficient (Wildman–Crippen LogP) is 2.77. The lowest BCUT2D eigenvalue weighted by atomic mass is 9.54. The molecule has 0 aromatic rings. The fraction of sp³-hybridized carbons (Fsp3) is 0.714. The molecule has 0 radical (unpaired) electrons. The van der Waals surface area contributed by atoms with Gasteiger partial charge in [0.15, 0.2) is 0 Å². The van der Waals surface area contributed by atoms with Gasteiger partial charge in [0.25, 0.3) is 0 Å². The Bertz CT molecular complexity index is 356. The third-order valence-electron chi connectivity index (χ3n) is 4.65. The Kier molecular flexibility index (Phi) is 2.77. The highest BCUT2D eigenvalue weighted by molar-refractivity contribution is 6.08. The Labute approximate surface area is 97.1 Å². The summed E-state index contributed by atoms with van der Waals surface area (Å²) in [6.07, 6.45) is 6.50. The molecule has 2 aliphatic carbocycles. The molecule has 88 valence electrons. The average Bonchev–Trinajstić information content (AvgIpc) is 2.22. The number of ketones is 2. The molecule has 4 atom stereocenters. The van der Waals surface area contributed by atoms with Gasteiger partial charge in [-0.25, -0.2) is 0 Å². The third-order valence-corrected chi connectivity index (χ3v) is 4.65. The summed E-state index contributed by atoms with van der Waals surface area (Å²) in [6.45, 7) is 6.04. The van der Waals surface area contributed by atoms with Crippen LogP contribution in [-0.4, -0.2) is 11.6 Å². The zero-order valence-electron chi connectivity index (χ0n) is 10.3. The second kappa shape index (κ2) is 3.83. The van der Waals surface area contributed by atoms with Crippen LogP contribution in [-0.2, 0) is 9.59 Å². The maximum Gasteiger partial charge on any atom is 0.150 e. The summed E-state index contributed by atoms with van der Waals surface area (Å²) in [6, 6.07) is 0. The maximum absolute atomic E-state index is 12.4. The van der Waals surface area contributed by atoms with Gasteiger partial charge in [0.05, 0.1) is 5.92 Å². The third kappa shape index (κ3) is 1.47. The first kappa shape index (κ1) is 11.6. The van der Waals surface area contributed by atoms with Gasteiger partial charge in [0.2, 0.25) is 0 Å². The van der Waals surface area contributed by atoms with Crippen molar-refractivity contribution in [1.82, 2.24) is 0 Å². The molecule has 0 aromatic heterocycles. The van der Waals surface area contributed by atoms with Crippen LogP contribution in [0.25, 0.3) is 0 Å². The Morgan fingerprint density at radius 1 is 1.38 bits per heavy atom. The number of rotatable bonds is 1. The van der Waals surface area contributed by atoms with Crippen molar-refractivity contribution in [3.8, 4) is 0 Å².